The van der Waals surface area contributed by atoms with E-state index < -0.39 is 0 Å². The number of allylic oxidation sites excluding steroid dienone is 1. The summed E-state index contributed by atoms with van der Waals surface area (Å²) in [6.07, 6.45) is 15.7. The first-order valence-corrected chi connectivity index (χ1v) is 10.5. The van der Waals surface area contributed by atoms with Crippen molar-refractivity contribution in [2.24, 2.45) is 0 Å². The maximum absolute atomic E-state index is 5.62. The number of thiocarbonyl (C=S) groups is 1. The highest BCUT2D eigenvalue weighted by Crippen LogP contribution is 2.37. The number of nitrogens with one attached hydrogen (secondary N) is 2. The lowest BCUT2D eigenvalue weighted by atomic mass is 9.91. The number of anilines is 1. The monoisotopic (exact) mass is 356 g/mol. The maximum atomic E-state index is 5.62. The molecule has 2 nitrogen and oxygen atoms in total. The molecular formula is C22H32N2S. The number of rotatable bonds is 5. The van der Waals surface area contributed by atoms with Crippen LogP contribution in [0.2, 0.25) is 0 Å². The highest BCUT2D eigenvalue weighted by atomic mass is 32.1. The minimum absolute atomic E-state index is 0.377. The van der Waals surface area contributed by atoms with E-state index in [1.807, 2.05) is 0 Å². The molecule has 0 bridgehead atoms. The van der Waals surface area contributed by atoms with Crippen LogP contribution in [-0.2, 0) is 12.8 Å². The SMILES string of the molecule is CCc1cc(C2CCCC2)cc(CC)c1NC(=S)NC1C=CCCC1. The summed E-state index contributed by atoms with van der Waals surface area (Å²) in [5.41, 5.74) is 5.60. The average Bonchev–Trinajstić information content (AvgIpc) is 3.17. The van der Waals surface area contributed by atoms with E-state index in [4.69, 9.17) is 12.2 Å². The predicted octanol–water partition coefficient (Wildman–Crippen LogP) is 5.86. The molecule has 3 heteroatoms. The molecule has 1 unspecified atom stereocenters. The normalized spacial score (nSPS) is 20.6. The second-order valence-corrected chi connectivity index (χ2v) is 7.87. The molecule has 136 valence electrons. The summed E-state index contributed by atoms with van der Waals surface area (Å²) >= 11 is 5.62. The maximum Gasteiger partial charge on any atom is 0.171 e. The van der Waals surface area contributed by atoms with Gasteiger partial charge in [-0.05, 0) is 79.8 Å². The Balaban J connectivity index is 1.77. The molecule has 0 radical (unpaired) electrons. The van der Waals surface area contributed by atoms with Crippen molar-refractivity contribution in [2.75, 3.05) is 5.32 Å². The van der Waals surface area contributed by atoms with Gasteiger partial charge in [0.05, 0.1) is 0 Å². The topological polar surface area (TPSA) is 24.1 Å². The van der Waals surface area contributed by atoms with Gasteiger partial charge in [-0.3, -0.25) is 0 Å². The minimum Gasteiger partial charge on any atom is -0.356 e. The standard InChI is InChI=1S/C22H32N2S/c1-3-16-14-19(18-10-8-9-11-18)15-17(4-2)21(16)24-22(25)23-20-12-6-5-7-13-20/h6,12,14-15,18,20H,3-5,7-11,13H2,1-2H3,(H2,23,24,25). The Kier molecular flexibility index (Phi) is 6.52. The fraction of sp³-hybridized carbons (Fsp3) is 0.591. The van der Waals surface area contributed by atoms with Gasteiger partial charge in [0.15, 0.2) is 5.11 Å². The first kappa shape index (κ1) is 18.4. The van der Waals surface area contributed by atoms with Crippen molar-refractivity contribution in [3.05, 3.63) is 41.0 Å². The van der Waals surface area contributed by atoms with Crippen molar-refractivity contribution in [3.63, 3.8) is 0 Å². The molecule has 2 N–H and O–H groups in total. The zero-order valence-corrected chi connectivity index (χ0v) is 16.6. The lowest BCUT2D eigenvalue weighted by molar-refractivity contribution is 0.603. The molecule has 0 aliphatic heterocycles. The van der Waals surface area contributed by atoms with E-state index in [0.29, 0.717) is 6.04 Å². The molecule has 25 heavy (non-hydrogen) atoms. The summed E-state index contributed by atoms with van der Waals surface area (Å²) in [5, 5.41) is 7.76. The van der Waals surface area contributed by atoms with Crippen LogP contribution in [-0.4, -0.2) is 11.2 Å². The fourth-order valence-electron chi connectivity index (χ4n) is 4.26. The Morgan fingerprint density at radius 1 is 1.04 bits per heavy atom. The van der Waals surface area contributed by atoms with E-state index in [9.17, 15) is 0 Å². The average molecular weight is 357 g/mol. The number of benzene rings is 1. The van der Waals surface area contributed by atoms with E-state index in [2.05, 4.69) is 48.8 Å². The molecule has 1 aromatic carbocycles. The van der Waals surface area contributed by atoms with Crippen LogP contribution in [0.15, 0.2) is 24.3 Å². The third kappa shape index (κ3) is 4.63. The van der Waals surface area contributed by atoms with Crippen LogP contribution in [0.1, 0.15) is 81.4 Å². The molecule has 0 aromatic heterocycles. The van der Waals surface area contributed by atoms with Crippen molar-refractivity contribution < 1.29 is 0 Å². The first-order valence-electron chi connectivity index (χ1n) is 10.1. The second kappa shape index (κ2) is 8.84. The van der Waals surface area contributed by atoms with Gasteiger partial charge < -0.3 is 10.6 Å². The molecule has 3 rings (SSSR count). The van der Waals surface area contributed by atoms with Gasteiger partial charge in [0.25, 0.3) is 0 Å². The van der Waals surface area contributed by atoms with Gasteiger partial charge in [-0.25, -0.2) is 0 Å². The van der Waals surface area contributed by atoms with E-state index in [1.165, 1.54) is 61.8 Å². The molecular weight excluding hydrogens is 324 g/mol. The van der Waals surface area contributed by atoms with Crippen molar-refractivity contribution in [1.82, 2.24) is 5.32 Å². The third-order valence-electron chi connectivity index (χ3n) is 5.72. The van der Waals surface area contributed by atoms with E-state index >= 15 is 0 Å². The van der Waals surface area contributed by atoms with Crippen LogP contribution in [0.25, 0.3) is 0 Å². The lowest BCUT2D eigenvalue weighted by Crippen LogP contribution is -2.37. The van der Waals surface area contributed by atoms with Gasteiger partial charge in [-0.2, -0.15) is 0 Å². The number of aryl methyl sites for hydroxylation is 2. The van der Waals surface area contributed by atoms with Crippen LogP contribution in [0.3, 0.4) is 0 Å². The Bertz CT molecular complexity index is 604. The number of hydrogen-bond acceptors (Lipinski definition) is 1. The largest absolute Gasteiger partial charge is 0.356 e. The Hall–Kier alpha value is -1.35. The van der Waals surface area contributed by atoms with Crippen molar-refractivity contribution >= 4 is 23.0 Å². The smallest absolute Gasteiger partial charge is 0.171 e. The van der Waals surface area contributed by atoms with E-state index in [-0.39, 0.29) is 0 Å². The van der Waals surface area contributed by atoms with Gasteiger partial charge in [-0.15, -0.1) is 0 Å². The molecule has 0 saturated heterocycles. The molecule has 0 spiro atoms. The van der Waals surface area contributed by atoms with Gasteiger partial charge in [0, 0.05) is 11.7 Å². The molecule has 2 aliphatic carbocycles. The molecule has 1 aromatic rings. The molecule has 1 saturated carbocycles. The highest BCUT2D eigenvalue weighted by molar-refractivity contribution is 7.80. The quantitative estimate of drug-likeness (QED) is 0.510. The molecule has 1 atom stereocenters. The van der Waals surface area contributed by atoms with Crippen molar-refractivity contribution in [1.29, 1.82) is 0 Å². The second-order valence-electron chi connectivity index (χ2n) is 7.47. The van der Waals surface area contributed by atoms with Crippen LogP contribution in [0.5, 0.6) is 0 Å². The zero-order chi connectivity index (χ0) is 17.6. The van der Waals surface area contributed by atoms with Crippen molar-refractivity contribution in [3.8, 4) is 0 Å². The Labute approximate surface area is 158 Å². The Morgan fingerprint density at radius 2 is 1.72 bits per heavy atom. The highest BCUT2D eigenvalue weighted by Gasteiger charge is 2.20. The summed E-state index contributed by atoms with van der Waals surface area (Å²) in [6.45, 7) is 4.50. The third-order valence-corrected chi connectivity index (χ3v) is 5.94. The zero-order valence-electron chi connectivity index (χ0n) is 15.7. The molecule has 0 amide bonds. The van der Waals surface area contributed by atoms with Gasteiger partial charge in [0.1, 0.15) is 0 Å². The van der Waals surface area contributed by atoms with E-state index in [0.717, 1.165) is 23.9 Å². The lowest BCUT2D eigenvalue weighted by Gasteiger charge is -2.23. The first-order chi connectivity index (χ1) is 12.2. The van der Waals surface area contributed by atoms with Crippen LogP contribution in [0.4, 0.5) is 5.69 Å². The molecule has 2 aliphatic rings. The fourth-order valence-corrected chi connectivity index (χ4v) is 4.51. The summed E-state index contributed by atoms with van der Waals surface area (Å²) in [7, 11) is 0. The Morgan fingerprint density at radius 3 is 2.28 bits per heavy atom. The van der Waals surface area contributed by atoms with Crippen LogP contribution in [0, 0.1) is 0 Å². The summed E-state index contributed by atoms with van der Waals surface area (Å²) in [5.74, 6) is 0.766. The number of hydrogen-bond donors (Lipinski definition) is 2. The van der Waals surface area contributed by atoms with E-state index in [1.54, 1.807) is 5.56 Å². The van der Waals surface area contributed by atoms with Crippen LogP contribution >= 0.6 is 12.2 Å². The van der Waals surface area contributed by atoms with Gasteiger partial charge >= 0.3 is 0 Å². The predicted molar refractivity (Wildman–Crippen MR) is 113 cm³/mol. The van der Waals surface area contributed by atoms with Gasteiger partial charge in [-0.1, -0.05) is 51.0 Å². The summed E-state index contributed by atoms with van der Waals surface area (Å²) in [4.78, 5) is 0. The minimum atomic E-state index is 0.377. The van der Waals surface area contributed by atoms with Gasteiger partial charge in [0.2, 0.25) is 0 Å². The summed E-state index contributed by atoms with van der Waals surface area (Å²) in [6, 6.07) is 5.24. The van der Waals surface area contributed by atoms with Crippen LogP contribution < -0.4 is 10.6 Å². The molecule has 1 fully saturated rings. The summed E-state index contributed by atoms with van der Waals surface area (Å²) < 4.78 is 0. The molecule has 0 heterocycles. The van der Waals surface area contributed by atoms with Crippen molar-refractivity contribution in [2.45, 2.75) is 83.6 Å².